The third-order valence-electron chi connectivity index (χ3n) is 3.26. The highest BCUT2D eigenvalue weighted by Gasteiger charge is 2.21. The standard InChI is InChI=1S/C15H25N3S/c1-14(2,3)16-7-6-15(4,5)10-12-11-18-8-9-19-13(18)17-12/h8-9,11,16H,6-7,10H2,1-5H3. The maximum Gasteiger partial charge on any atom is 0.193 e. The lowest BCUT2D eigenvalue weighted by Crippen LogP contribution is -2.38. The summed E-state index contributed by atoms with van der Waals surface area (Å²) in [6.07, 6.45) is 6.43. The first-order chi connectivity index (χ1) is 8.75. The van der Waals surface area contributed by atoms with Gasteiger partial charge in [-0.05, 0) is 45.6 Å². The van der Waals surface area contributed by atoms with E-state index in [1.807, 2.05) is 0 Å². The second kappa shape index (κ2) is 5.25. The number of thiazole rings is 1. The molecule has 2 aromatic heterocycles. The van der Waals surface area contributed by atoms with Gasteiger partial charge in [0.05, 0.1) is 5.69 Å². The molecule has 2 heterocycles. The van der Waals surface area contributed by atoms with Crippen molar-refractivity contribution in [1.29, 1.82) is 0 Å². The zero-order chi connectivity index (χ0) is 14.1. The van der Waals surface area contributed by atoms with E-state index in [1.54, 1.807) is 11.3 Å². The van der Waals surface area contributed by atoms with Gasteiger partial charge in [-0.3, -0.25) is 4.40 Å². The van der Waals surface area contributed by atoms with Gasteiger partial charge in [0.1, 0.15) is 0 Å². The summed E-state index contributed by atoms with van der Waals surface area (Å²) >= 11 is 1.69. The van der Waals surface area contributed by atoms with Crippen molar-refractivity contribution in [2.45, 2.75) is 53.0 Å². The summed E-state index contributed by atoms with van der Waals surface area (Å²) in [6.45, 7) is 12.3. The minimum atomic E-state index is 0.201. The lowest BCUT2D eigenvalue weighted by Gasteiger charge is -2.27. The van der Waals surface area contributed by atoms with Crippen molar-refractivity contribution < 1.29 is 0 Å². The van der Waals surface area contributed by atoms with Gasteiger partial charge >= 0.3 is 0 Å². The van der Waals surface area contributed by atoms with E-state index in [0.29, 0.717) is 0 Å². The molecule has 19 heavy (non-hydrogen) atoms. The molecule has 0 bridgehead atoms. The molecule has 0 fully saturated rings. The third kappa shape index (κ3) is 4.32. The van der Waals surface area contributed by atoms with Gasteiger partial charge in [-0.2, -0.15) is 0 Å². The van der Waals surface area contributed by atoms with Crippen LogP contribution in [0, 0.1) is 5.41 Å². The van der Waals surface area contributed by atoms with Crippen molar-refractivity contribution in [3.63, 3.8) is 0 Å². The Kier molecular flexibility index (Phi) is 4.02. The number of hydrogen-bond donors (Lipinski definition) is 1. The van der Waals surface area contributed by atoms with Gasteiger partial charge in [-0.25, -0.2) is 4.98 Å². The predicted octanol–water partition coefficient (Wildman–Crippen LogP) is 3.74. The Labute approximate surface area is 120 Å². The van der Waals surface area contributed by atoms with Crippen molar-refractivity contribution in [2.24, 2.45) is 5.41 Å². The topological polar surface area (TPSA) is 29.3 Å². The van der Waals surface area contributed by atoms with Crippen LogP contribution in [0.25, 0.3) is 4.96 Å². The van der Waals surface area contributed by atoms with Crippen LogP contribution in [0.3, 0.4) is 0 Å². The van der Waals surface area contributed by atoms with Gasteiger partial charge in [-0.15, -0.1) is 11.3 Å². The van der Waals surface area contributed by atoms with Crippen molar-refractivity contribution in [2.75, 3.05) is 6.54 Å². The third-order valence-corrected chi connectivity index (χ3v) is 4.03. The molecule has 3 nitrogen and oxygen atoms in total. The van der Waals surface area contributed by atoms with E-state index in [4.69, 9.17) is 0 Å². The minimum absolute atomic E-state index is 0.201. The average molecular weight is 279 g/mol. The Morgan fingerprint density at radius 2 is 2.00 bits per heavy atom. The van der Waals surface area contributed by atoms with Gasteiger partial charge in [0, 0.05) is 23.3 Å². The Bertz CT molecular complexity index is 502. The molecule has 0 spiro atoms. The van der Waals surface area contributed by atoms with Crippen LogP contribution in [0.5, 0.6) is 0 Å². The number of nitrogens with zero attached hydrogens (tertiary/aromatic N) is 2. The molecule has 0 saturated heterocycles. The number of fused-ring (bicyclic) bond motifs is 1. The maximum absolute atomic E-state index is 4.68. The minimum Gasteiger partial charge on any atom is -0.312 e. The first-order valence-electron chi connectivity index (χ1n) is 6.91. The molecule has 0 radical (unpaired) electrons. The molecule has 0 aliphatic heterocycles. The van der Waals surface area contributed by atoms with Gasteiger partial charge in [0.25, 0.3) is 0 Å². The second-order valence-electron chi connectivity index (χ2n) is 7.09. The number of aromatic nitrogens is 2. The Morgan fingerprint density at radius 1 is 1.26 bits per heavy atom. The van der Waals surface area contributed by atoms with Crippen molar-refractivity contribution >= 4 is 16.3 Å². The van der Waals surface area contributed by atoms with E-state index in [9.17, 15) is 0 Å². The average Bonchev–Trinajstić information content (AvgIpc) is 2.73. The van der Waals surface area contributed by atoms with Gasteiger partial charge in [-0.1, -0.05) is 13.8 Å². The highest BCUT2D eigenvalue weighted by molar-refractivity contribution is 7.15. The predicted molar refractivity (Wildman–Crippen MR) is 82.9 cm³/mol. The molecule has 0 aliphatic rings. The molecule has 1 N–H and O–H groups in total. The van der Waals surface area contributed by atoms with E-state index < -0.39 is 0 Å². The monoisotopic (exact) mass is 279 g/mol. The SMILES string of the molecule is CC(C)(CCNC(C)(C)C)Cc1cn2ccsc2n1. The van der Waals surface area contributed by atoms with Crippen molar-refractivity contribution in [1.82, 2.24) is 14.7 Å². The van der Waals surface area contributed by atoms with Crippen LogP contribution in [0.15, 0.2) is 17.8 Å². The normalized spacial score (nSPS) is 13.3. The van der Waals surface area contributed by atoms with E-state index >= 15 is 0 Å². The van der Waals surface area contributed by atoms with E-state index in [-0.39, 0.29) is 11.0 Å². The summed E-state index contributed by atoms with van der Waals surface area (Å²) in [5, 5.41) is 5.64. The summed E-state index contributed by atoms with van der Waals surface area (Å²) in [4.78, 5) is 5.77. The zero-order valence-corrected chi connectivity index (χ0v) is 13.5. The Morgan fingerprint density at radius 3 is 2.63 bits per heavy atom. The molecule has 0 unspecified atom stereocenters. The van der Waals surface area contributed by atoms with E-state index in [0.717, 1.165) is 24.3 Å². The van der Waals surface area contributed by atoms with Crippen molar-refractivity contribution in [3.8, 4) is 0 Å². The Balaban J connectivity index is 1.91. The zero-order valence-electron chi connectivity index (χ0n) is 12.7. The smallest absolute Gasteiger partial charge is 0.193 e. The summed E-state index contributed by atoms with van der Waals surface area (Å²) < 4.78 is 2.11. The van der Waals surface area contributed by atoms with Crippen LogP contribution in [-0.4, -0.2) is 21.5 Å². The lowest BCUT2D eigenvalue weighted by molar-refractivity contribution is 0.300. The molecule has 106 valence electrons. The van der Waals surface area contributed by atoms with Gasteiger partial charge in [0.15, 0.2) is 4.96 Å². The van der Waals surface area contributed by atoms with Crippen LogP contribution in [0.2, 0.25) is 0 Å². The number of rotatable bonds is 5. The first-order valence-corrected chi connectivity index (χ1v) is 7.79. The van der Waals surface area contributed by atoms with Gasteiger partial charge < -0.3 is 5.32 Å². The van der Waals surface area contributed by atoms with Crippen LogP contribution in [-0.2, 0) is 6.42 Å². The molecule has 0 aliphatic carbocycles. The number of imidazole rings is 1. The molecular weight excluding hydrogens is 254 g/mol. The number of nitrogens with one attached hydrogen (secondary N) is 1. The largest absolute Gasteiger partial charge is 0.312 e. The van der Waals surface area contributed by atoms with Crippen LogP contribution in [0.1, 0.15) is 46.7 Å². The van der Waals surface area contributed by atoms with Crippen molar-refractivity contribution in [3.05, 3.63) is 23.5 Å². The molecule has 2 rings (SSSR count). The molecule has 0 saturated carbocycles. The molecule has 0 amide bonds. The fourth-order valence-electron chi connectivity index (χ4n) is 2.22. The molecule has 0 atom stereocenters. The van der Waals surface area contributed by atoms with E-state index in [2.05, 4.69) is 67.1 Å². The summed E-state index contributed by atoms with van der Waals surface area (Å²) in [7, 11) is 0. The summed E-state index contributed by atoms with van der Waals surface area (Å²) in [6, 6.07) is 0. The van der Waals surface area contributed by atoms with Crippen LogP contribution in [0.4, 0.5) is 0 Å². The highest BCUT2D eigenvalue weighted by atomic mass is 32.1. The quantitative estimate of drug-likeness (QED) is 0.903. The maximum atomic E-state index is 4.68. The summed E-state index contributed by atoms with van der Waals surface area (Å²) in [5.74, 6) is 0. The van der Waals surface area contributed by atoms with Gasteiger partial charge in [0.2, 0.25) is 0 Å². The fraction of sp³-hybridized carbons (Fsp3) is 0.667. The molecule has 4 heteroatoms. The fourth-order valence-corrected chi connectivity index (χ4v) is 2.93. The second-order valence-corrected chi connectivity index (χ2v) is 7.97. The van der Waals surface area contributed by atoms with E-state index in [1.165, 1.54) is 5.69 Å². The van der Waals surface area contributed by atoms with Crippen LogP contribution < -0.4 is 5.32 Å². The molecule has 2 aromatic rings. The number of hydrogen-bond acceptors (Lipinski definition) is 3. The summed E-state index contributed by atoms with van der Waals surface area (Å²) in [5.41, 5.74) is 1.68. The molecular formula is C15H25N3S. The first kappa shape index (κ1) is 14.5. The van der Waals surface area contributed by atoms with Crippen LogP contribution >= 0.6 is 11.3 Å². The highest BCUT2D eigenvalue weighted by Crippen LogP contribution is 2.26. The Hall–Kier alpha value is -0.870. The lowest BCUT2D eigenvalue weighted by atomic mass is 9.84. The molecule has 0 aromatic carbocycles.